The minimum Gasteiger partial charge on any atom is -0.493 e. The molecule has 0 radical (unpaired) electrons. The fourth-order valence-corrected chi connectivity index (χ4v) is 2.55. The molecule has 1 aromatic carbocycles. The molecule has 1 unspecified atom stereocenters. The highest BCUT2D eigenvalue weighted by Gasteiger charge is 2.20. The molecule has 0 heterocycles. The van der Waals surface area contributed by atoms with Gasteiger partial charge in [-0.05, 0) is 49.4 Å². The quantitative estimate of drug-likeness (QED) is 0.665. The molecule has 0 bridgehead atoms. The number of methoxy groups -OCH3 is 1. The first-order chi connectivity index (χ1) is 10.5. The number of aliphatic hydroxyl groups excluding tert-OH is 1. The predicted molar refractivity (Wildman–Crippen MR) is 82.5 cm³/mol. The van der Waals surface area contributed by atoms with E-state index in [1.54, 1.807) is 25.3 Å². The molecule has 1 saturated carbocycles. The number of carbonyl (C=O) groups is 1. The van der Waals surface area contributed by atoms with Crippen LogP contribution in [0.3, 0.4) is 0 Å². The predicted octanol–water partition coefficient (Wildman–Crippen LogP) is 1.62. The second kappa shape index (κ2) is 7.26. The van der Waals surface area contributed by atoms with E-state index in [2.05, 4.69) is 0 Å². The third kappa shape index (κ3) is 3.98. The SMILES string of the molecule is COc1ccc(C(=N)CC(O)C(N)=O)cc1OC1CCCC1. The summed E-state index contributed by atoms with van der Waals surface area (Å²) in [5, 5.41) is 17.5. The molecule has 4 N–H and O–H groups in total. The molecule has 1 atom stereocenters. The van der Waals surface area contributed by atoms with E-state index in [0.29, 0.717) is 17.1 Å². The van der Waals surface area contributed by atoms with E-state index in [4.69, 9.17) is 20.6 Å². The zero-order chi connectivity index (χ0) is 16.1. The highest BCUT2D eigenvalue weighted by atomic mass is 16.5. The molecule has 1 aromatic rings. The van der Waals surface area contributed by atoms with E-state index in [1.807, 2.05) is 0 Å². The van der Waals surface area contributed by atoms with Crippen molar-refractivity contribution >= 4 is 11.6 Å². The molecule has 120 valence electrons. The molecule has 1 amide bonds. The highest BCUT2D eigenvalue weighted by molar-refractivity contribution is 6.01. The monoisotopic (exact) mass is 306 g/mol. The molecule has 0 spiro atoms. The van der Waals surface area contributed by atoms with Gasteiger partial charge in [0.1, 0.15) is 6.10 Å². The van der Waals surface area contributed by atoms with E-state index in [1.165, 1.54) is 0 Å². The Hall–Kier alpha value is -2.08. The second-order valence-electron chi connectivity index (χ2n) is 5.49. The lowest BCUT2D eigenvalue weighted by Gasteiger charge is -2.17. The zero-order valence-electron chi connectivity index (χ0n) is 12.7. The van der Waals surface area contributed by atoms with Crippen LogP contribution in [0.4, 0.5) is 0 Å². The Kier molecular flexibility index (Phi) is 5.38. The molecule has 1 fully saturated rings. The largest absolute Gasteiger partial charge is 0.493 e. The average molecular weight is 306 g/mol. The summed E-state index contributed by atoms with van der Waals surface area (Å²) in [6, 6.07) is 5.15. The van der Waals surface area contributed by atoms with Gasteiger partial charge in [-0.25, -0.2) is 0 Å². The standard InChI is InChI=1S/C16H22N2O4/c1-21-14-7-6-10(12(17)9-13(19)16(18)20)8-15(14)22-11-4-2-3-5-11/h6-8,11,13,17,19H,2-5,9H2,1H3,(H2,18,20). The molecule has 1 aliphatic carbocycles. The molecule has 6 heteroatoms. The molecule has 2 rings (SSSR count). The third-order valence-electron chi connectivity index (χ3n) is 3.83. The van der Waals surface area contributed by atoms with E-state index in [0.717, 1.165) is 25.7 Å². The lowest BCUT2D eigenvalue weighted by atomic mass is 10.0. The number of aliphatic hydroxyl groups is 1. The fourth-order valence-electron chi connectivity index (χ4n) is 2.55. The number of ether oxygens (including phenoxy) is 2. The van der Waals surface area contributed by atoms with Gasteiger partial charge >= 0.3 is 0 Å². The summed E-state index contributed by atoms with van der Waals surface area (Å²) in [7, 11) is 1.57. The Morgan fingerprint density at radius 3 is 2.68 bits per heavy atom. The molecule has 0 saturated heterocycles. The lowest BCUT2D eigenvalue weighted by Crippen LogP contribution is -2.30. The van der Waals surface area contributed by atoms with Gasteiger partial charge in [0, 0.05) is 12.1 Å². The van der Waals surface area contributed by atoms with Gasteiger partial charge in [0.05, 0.1) is 13.2 Å². The van der Waals surface area contributed by atoms with Crippen molar-refractivity contribution < 1.29 is 19.4 Å². The lowest BCUT2D eigenvalue weighted by molar-refractivity contribution is -0.125. The molecular weight excluding hydrogens is 284 g/mol. The number of nitrogens with one attached hydrogen (secondary N) is 1. The van der Waals surface area contributed by atoms with Crippen molar-refractivity contribution in [3.05, 3.63) is 23.8 Å². The second-order valence-corrected chi connectivity index (χ2v) is 5.49. The van der Waals surface area contributed by atoms with Crippen LogP contribution in [0.2, 0.25) is 0 Å². The highest BCUT2D eigenvalue weighted by Crippen LogP contribution is 2.32. The van der Waals surface area contributed by atoms with Crippen molar-refractivity contribution in [3.8, 4) is 11.5 Å². The maximum Gasteiger partial charge on any atom is 0.246 e. The van der Waals surface area contributed by atoms with Crippen molar-refractivity contribution in [2.75, 3.05) is 7.11 Å². The van der Waals surface area contributed by atoms with Crippen molar-refractivity contribution in [1.29, 1.82) is 5.41 Å². The Labute approximate surface area is 129 Å². The summed E-state index contributed by atoms with van der Waals surface area (Å²) in [5.41, 5.74) is 5.72. The number of rotatable bonds is 7. The van der Waals surface area contributed by atoms with Crippen LogP contribution in [-0.2, 0) is 4.79 Å². The number of hydrogen-bond donors (Lipinski definition) is 3. The van der Waals surface area contributed by atoms with Crippen LogP contribution in [0.5, 0.6) is 11.5 Å². The minimum atomic E-state index is -1.35. The van der Waals surface area contributed by atoms with E-state index in [9.17, 15) is 9.90 Å². The van der Waals surface area contributed by atoms with Gasteiger partial charge in [-0.3, -0.25) is 4.79 Å². The smallest absolute Gasteiger partial charge is 0.246 e. The van der Waals surface area contributed by atoms with E-state index >= 15 is 0 Å². The number of carbonyl (C=O) groups excluding carboxylic acids is 1. The van der Waals surface area contributed by atoms with Crippen molar-refractivity contribution in [1.82, 2.24) is 0 Å². The van der Waals surface area contributed by atoms with Gasteiger partial charge in [-0.15, -0.1) is 0 Å². The maximum atomic E-state index is 10.9. The number of hydrogen-bond acceptors (Lipinski definition) is 5. The van der Waals surface area contributed by atoms with E-state index < -0.39 is 12.0 Å². The Morgan fingerprint density at radius 1 is 1.41 bits per heavy atom. The summed E-state index contributed by atoms with van der Waals surface area (Å²) in [4.78, 5) is 10.9. The molecule has 0 aliphatic heterocycles. The Balaban J connectivity index is 2.14. The van der Waals surface area contributed by atoms with Crippen LogP contribution in [0.25, 0.3) is 0 Å². The maximum absolute atomic E-state index is 10.9. The fraction of sp³-hybridized carbons (Fsp3) is 0.500. The average Bonchev–Trinajstić information content (AvgIpc) is 2.99. The van der Waals surface area contributed by atoms with Crippen LogP contribution >= 0.6 is 0 Å². The minimum absolute atomic E-state index is 0.121. The van der Waals surface area contributed by atoms with Crippen LogP contribution in [0.1, 0.15) is 37.7 Å². The summed E-state index contributed by atoms with van der Waals surface area (Å²) >= 11 is 0. The van der Waals surface area contributed by atoms with Gasteiger partial charge in [0.15, 0.2) is 11.5 Å². The first-order valence-corrected chi connectivity index (χ1v) is 7.41. The Bertz CT molecular complexity index is 553. The van der Waals surface area contributed by atoms with Crippen LogP contribution < -0.4 is 15.2 Å². The van der Waals surface area contributed by atoms with Gasteiger partial charge < -0.3 is 25.7 Å². The van der Waals surface area contributed by atoms with Crippen molar-refractivity contribution in [2.24, 2.45) is 5.73 Å². The number of benzene rings is 1. The van der Waals surface area contributed by atoms with Crippen LogP contribution in [0.15, 0.2) is 18.2 Å². The van der Waals surface area contributed by atoms with Crippen LogP contribution in [0, 0.1) is 5.41 Å². The Morgan fingerprint density at radius 2 is 2.09 bits per heavy atom. The number of amides is 1. The topological polar surface area (TPSA) is 106 Å². The summed E-state index contributed by atoms with van der Waals surface area (Å²) < 4.78 is 11.3. The normalized spacial score (nSPS) is 16.3. The number of nitrogens with two attached hydrogens (primary N) is 1. The van der Waals surface area contributed by atoms with Gasteiger partial charge in [-0.2, -0.15) is 0 Å². The molecule has 0 aromatic heterocycles. The first kappa shape index (κ1) is 16.3. The van der Waals surface area contributed by atoms with Gasteiger partial charge in [0.2, 0.25) is 5.91 Å². The summed E-state index contributed by atoms with van der Waals surface area (Å²) in [5.74, 6) is 0.366. The van der Waals surface area contributed by atoms with E-state index in [-0.39, 0.29) is 18.2 Å². The molecular formula is C16H22N2O4. The molecule has 1 aliphatic rings. The van der Waals surface area contributed by atoms with Crippen molar-refractivity contribution in [2.45, 2.75) is 44.3 Å². The van der Waals surface area contributed by atoms with Crippen molar-refractivity contribution in [3.63, 3.8) is 0 Å². The summed E-state index contributed by atoms with van der Waals surface area (Å²) in [6.45, 7) is 0. The van der Waals surface area contributed by atoms with Gasteiger partial charge in [-0.1, -0.05) is 0 Å². The summed E-state index contributed by atoms with van der Waals surface area (Å²) in [6.07, 6.45) is 3.06. The van der Waals surface area contributed by atoms with Gasteiger partial charge in [0.25, 0.3) is 0 Å². The third-order valence-corrected chi connectivity index (χ3v) is 3.83. The number of primary amides is 1. The molecule has 6 nitrogen and oxygen atoms in total. The molecule has 22 heavy (non-hydrogen) atoms. The van der Waals surface area contributed by atoms with Crippen LogP contribution in [-0.4, -0.2) is 36.0 Å². The zero-order valence-corrected chi connectivity index (χ0v) is 12.7. The first-order valence-electron chi connectivity index (χ1n) is 7.41.